The third-order valence-electron chi connectivity index (χ3n) is 5.39. The van der Waals surface area contributed by atoms with Gasteiger partial charge in [0.25, 0.3) is 0 Å². The second-order valence-electron chi connectivity index (χ2n) is 8.37. The first-order valence-electron chi connectivity index (χ1n) is 13.1. The molecule has 3 radical (unpaired) electrons. The Bertz CT molecular complexity index is 576. The van der Waals surface area contributed by atoms with Gasteiger partial charge in [-0.15, -0.1) is 0 Å². The van der Waals surface area contributed by atoms with Gasteiger partial charge in [0.1, 0.15) is 0 Å². The van der Waals surface area contributed by atoms with Crippen molar-refractivity contribution in [3.8, 4) is 11.5 Å². The van der Waals surface area contributed by atoms with Gasteiger partial charge in [-0.05, 0) is 36.1 Å². The SMILES string of the molecule is CCCCCCC[CH2][Sn].CCCCOCCOCCOCc1cc2c(cc1CCC)OCO2. The third kappa shape index (κ3) is 15.2. The zero-order chi connectivity index (χ0) is 24.0. The molecule has 0 unspecified atom stereocenters. The molecule has 0 saturated carbocycles. The molecule has 1 heterocycles. The second-order valence-corrected chi connectivity index (χ2v) is 9.80. The van der Waals surface area contributed by atoms with Gasteiger partial charge in [0.15, 0.2) is 11.5 Å². The number of unbranched alkanes of at least 4 members (excludes halogenated alkanes) is 6. The number of aryl methyl sites for hydroxylation is 1. The molecule has 5 nitrogen and oxygen atoms in total. The maximum absolute atomic E-state index is 5.75. The molecule has 0 saturated heterocycles. The number of fused-ring (bicyclic) bond motifs is 1. The van der Waals surface area contributed by atoms with Gasteiger partial charge >= 0.3 is 72.4 Å². The third-order valence-corrected chi connectivity index (χ3v) is 6.40. The minimum absolute atomic E-state index is 0.305. The Balaban J connectivity index is 0.000000513. The van der Waals surface area contributed by atoms with Crippen LogP contribution in [0.2, 0.25) is 4.44 Å². The fraction of sp³-hybridized carbons (Fsp3) is 0.778. The summed E-state index contributed by atoms with van der Waals surface area (Å²) in [6.45, 7) is 10.7. The molecule has 1 aliphatic heterocycles. The van der Waals surface area contributed by atoms with Crippen LogP contribution in [0.3, 0.4) is 0 Å². The van der Waals surface area contributed by atoms with Crippen LogP contribution in [-0.4, -0.2) is 62.4 Å². The Hall–Kier alpha value is -0.501. The van der Waals surface area contributed by atoms with Crippen LogP contribution in [0.15, 0.2) is 12.1 Å². The van der Waals surface area contributed by atoms with Gasteiger partial charge in [0, 0.05) is 6.61 Å². The summed E-state index contributed by atoms with van der Waals surface area (Å²) < 4.78 is 29.1. The zero-order valence-corrected chi connectivity index (χ0v) is 24.3. The molecule has 0 fully saturated rings. The van der Waals surface area contributed by atoms with Gasteiger partial charge in [-0.3, -0.25) is 0 Å². The van der Waals surface area contributed by atoms with Crippen molar-refractivity contribution < 1.29 is 23.7 Å². The van der Waals surface area contributed by atoms with Crippen LogP contribution in [0.1, 0.15) is 89.7 Å². The molecule has 1 aromatic carbocycles. The minimum atomic E-state index is 0.305. The van der Waals surface area contributed by atoms with Crippen LogP contribution < -0.4 is 9.47 Å². The molecule has 0 atom stereocenters. The molecule has 6 heteroatoms. The average molecular weight is 570 g/mol. The van der Waals surface area contributed by atoms with Crippen LogP contribution in [0, 0.1) is 0 Å². The Kier molecular flexibility index (Phi) is 20.3. The summed E-state index contributed by atoms with van der Waals surface area (Å²) in [5, 5.41) is 0. The smallest absolute Gasteiger partial charge is 0.231 e. The topological polar surface area (TPSA) is 46.2 Å². The van der Waals surface area contributed by atoms with Gasteiger partial charge in [-0.2, -0.15) is 0 Å². The van der Waals surface area contributed by atoms with E-state index in [4.69, 9.17) is 23.7 Å². The molecular weight excluding hydrogens is 523 g/mol. The van der Waals surface area contributed by atoms with Crippen LogP contribution >= 0.6 is 0 Å². The van der Waals surface area contributed by atoms with E-state index in [9.17, 15) is 0 Å². The van der Waals surface area contributed by atoms with E-state index in [1.807, 2.05) is 6.07 Å². The van der Waals surface area contributed by atoms with E-state index < -0.39 is 0 Å². The number of hydrogen-bond acceptors (Lipinski definition) is 5. The first-order chi connectivity index (χ1) is 16.3. The van der Waals surface area contributed by atoms with Crippen molar-refractivity contribution in [2.45, 2.75) is 96.0 Å². The van der Waals surface area contributed by atoms with Gasteiger partial charge in [0.05, 0.1) is 33.0 Å². The van der Waals surface area contributed by atoms with E-state index in [0.717, 1.165) is 43.8 Å². The second kappa shape index (κ2) is 22.0. The summed E-state index contributed by atoms with van der Waals surface area (Å²) in [6.07, 6.45) is 13.1. The monoisotopic (exact) mass is 571 g/mol. The molecule has 1 aliphatic rings. The van der Waals surface area contributed by atoms with Crippen LogP contribution in [-0.2, 0) is 27.2 Å². The molecule has 0 aromatic heterocycles. The van der Waals surface area contributed by atoms with Gasteiger partial charge in [0.2, 0.25) is 6.79 Å². The van der Waals surface area contributed by atoms with Crippen LogP contribution in [0.25, 0.3) is 0 Å². The quantitative estimate of drug-likeness (QED) is 0.138. The molecule has 0 aliphatic carbocycles. The average Bonchev–Trinajstić information content (AvgIpc) is 3.28. The summed E-state index contributed by atoms with van der Waals surface area (Å²) in [5.41, 5.74) is 2.44. The molecule has 0 spiro atoms. The van der Waals surface area contributed by atoms with Crippen molar-refractivity contribution in [2.24, 2.45) is 0 Å². The Morgan fingerprint density at radius 2 is 1.24 bits per heavy atom. The van der Waals surface area contributed by atoms with Crippen LogP contribution in [0.4, 0.5) is 0 Å². The van der Waals surface area contributed by atoms with Gasteiger partial charge in [-0.1, -0.05) is 26.7 Å². The predicted molar refractivity (Wildman–Crippen MR) is 137 cm³/mol. The molecule has 0 N–H and O–H groups in total. The van der Waals surface area contributed by atoms with E-state index in [-0.39, 0.29) is 0 Å². The number of hydrogen-bond donors (Lipinski definition) is 0. The van der Waals surface area contributed by atoms with E-state index >= 15 is 0 Å². The van der Waals surface area contributed by atoms with E-state index in [0.29, 0.717) is 39.8 Å². The first kappa shape index (κ1) is 30.5. The molecule has 0 bridgehead atoms. The molecular formula is C27H47O5Sn. The minimum Gasteiger partial charge on any atom is -0.454 e. The van der Waals surface area contributed by atoms with E-state index in [1.54, 1.807) is 22.5 Å². The van der Waals surface area contributed by atoms with E-state index in [1.165, 1.54) is 54.1 Å². The molecule has 1 aromatic rings. The van der Waals surface area contributed by atoms with Crippen molar-refractivity contribution in [1.82, 2.24) is 0 Å². The van der Waals surface area contributed by atoms with Gasteiger partial charge < -0.3 is 23.7 Å². The standard InChI is InChI=1S/C19H30O5.C8H17.Sn/c1-3-5-7-20-8-9-21-10-11-22-14-17-13-19-18(23-15-24-19)12-16(17)6-4-2;1-3-5-7-8-6-4-2;/h12-13H,3-11,14-15H2,1-2H3;1,3-8H2,2H3;. The van der Waals surface area contributed by atoms with E-state index in [2.05, 4.69) is 26.8 Å². The summed E-state index contributed by atoms with van der Waals surface area (Å²) in [6, 6.07) is 4.12. The van der Waals surface area contributed by atoms with Gasteiger partial charge in [-0.25, -0.2) is 0 Å². The van der Waals surface area contributed by atoms with Crippen molar-refractivity contribution in [3.05, 3.63) is 23.3 Å². The number of benzene rings is 1. The summed E-state index contributed by atoms with van der Waals surface area (Å²) in [5.74, 6) is 1.66. The maximum Gasteiger partial charge on any atom is 0.231 e. The Morgan fingerprint density at radius 1 is 0.667 bits per heavy atom. The summed E-state index contributed by atoms with van der Waals surface area (Å²) in [4.78, 5) is 0. The normalized spacial score (nSPS) is 12.0. The van der Waals surface area contributed by atoms with Crippen molar-refractivity contribution in [3.63, 3.8) is 0 Å². The number of ether oxygens (including phenoxy) is 5. The zero-order valence-electron chi connectivity index (χ0n) is 21.4. The fourth-order valence-electron chi connectivity index (χ4n) is 3.44. The summed E-state index contributed by atoms with van der Waals surface area (Å²) >= 11 is 1.71. The molecule has 189 valence electrons. The van der Waals surface area contributed by atoms with Crippen LogP contribution in [0.5, 0.6) is 11.5 Å². The molecule has 0 amide bonds. The fourth-order valence-corrected chi connectivity index (χ4v) is 4.15. The van der Waals surface area contributed by atoms with Crippen molar-refractivity contribution in [2.75, 3.05) is 39.8 Å². The summed E-state index contributed by atoms with van der Waals surface area (Å²) in [7, 11) is 0. The van der Waals surface area contributed by atoms with Crippen molar-refractivity contribution >= 4 is 22.5 Å². The first-order valence-corrected chi connectivity index (χ1v) is 15.1. The Labute approximate surface area is 216 Å². The predicted octanol–water partition coefficient (Wildman–Crippen LogP) is 6.65. The maximum atomic E-state index is 5.75. The molecule has 2 rings (SSSR count). The van der Waals surface area contributed by atoms with Crippen molar-refractivity contribution in [1.29, 1.82) is 0 Å². The largest absolute Gasteiger partial charge is 0.454 e. The number of rotatable bonds is 19. The molecule has 33 heavy (non-hydrogen) atoms. The Morgan fingerprint density at radius 3 is 1.88 bits per heavy atom.